The summed E-state index contributed by atoms with van der Waals surface area (Å²) in [7, 11) is -0.707. The molecular formula is C19H24N2O4S. The molecule has 0 amide bonds. The number of para-hydroxylation sites is 1. The first-order valence-electron chi connectivity index (χ1n) is 8.05. The second-order valence-corrected chi connectivity index (χ2v) is 8.37. The van der Waals surface area contributed by atoms with Crippen molar-refractivity contribution in [2.75, 3.05) is 14.2 Å². The van der Waals surface area contributed by atoms with Crippen molar-refractivity contribution in [1.29, 1.82) is 0 Å². The zero-order valence-corrected chi connectivity index (χ0v) is 16.4. The van der Waals surface area contributed by atoms with Gasteiger partial charge in [-0.1, -0.05) is 39.0 Å². The smallest absolute Gasteiger partial charge is 0.276 e. The number of benzene rings is 2. The molecule has 0 aliphatic rings. The quantitative estimate of drug-likeness (QED) is 0.620. The maximum Gasteiger partial charge on any atom is 0.276 e. The lowest BCUT2D eigenvalue weighted by Crippen LogP contribution is -2.19. The van der Waals surface area contributed by atoms with Crippen LogP contribution in [0.15, 0.2) is 52.5 Å². The van der Waals surface area contributed by atoms with Crippen LogP contribution in [0.1, 0.15) is 31.9 Å². The molecule has 0 aliphatic heterocycles. The molecule has 2 aromatic carbocycles. The summed E-state index contributed by atoms with van der Waals surface area (Å²) >= 11 is 0. The van der Waals surface area contributed by atoms with Crippen LogP contribution in [0, 0.1) is 0 Å². The summed E-state index contributed by atoms with van der Waals surface area (Å²) in [6.07, 6.45) is 1.38. The second-order valence-electron chi connectivity index (χ2n) is 6.71. The van der Waals surface area contributed by atoms with E-state index < -0.39 is 10.0 Å². The van der Waals surface area contributed by atoms with Gasteiger partial charge in [0.2, 0.25) is 0 Å². The Balaban J connectivity index is 2.19. The monoisotopic (exact) mass is 376 g/mol. The third-order valence-electron chi connectivity index (χ3n) is 3.84. The zero-order chi connectivity index (χ0) is 19.4. The minimum absolute atomic E-state index is 0.0448. The average molecular weight is 376 g/mol. The SMILES string of the molecule is COc1cccc(/C=N\NS(=O)(=O)c2ccc(C(C)(C)C)cc2)c1OC. The molecule has 0 saturated carbocycles. The molecule has 0 heterocycles. The Kier molecular flexibility index (Phi) is 5.92. The summed E-state index contributed by atoms with van der Waals surface area (Å²) in [5, 5.41) is 3.85. The largest absolute Gasteiger partial charge is 0.493 e. The minimum atomic E-state index is -3.75. The van der Waals surface area contributed by atoms with Crippen molar-refractivity contribution in [2.45, 2.75) is 31.1 Å². The molecular weight excluding hydrogens is 352 g/mol. The van der Waals surface area contributed by atoms with E-state index in [0.29, 0.717) is 17.1 Å². The highest BCUT2D eigenvalue weighted by atomic mass is 32.2. The van der Waals surface area contributed by atoms with Crippen LogP contribution in [-0.2, 0) is 15.4 Å². The number of ether oxygens (including phenoxy) is 2. The molecule has 0 aromatic heterocycles. The molecule has 0 radical (unpaired) electrons. The highest BCUT2D eigenvalue weighted by Crippen LogP contribution is 2.29. The molecule has 26 heavy (non-hydrogen) atoms. The first-order chi connectivity index (χ1) is 12.2. The predicted octanol–water partition coefficient (Wildman–Crippen LogP) is 3.31. The highest BCUT2D eigenvalue weighted by Gasteiger charge is 2.17. The van der Waals surface area contributed by atoms with Crippen LogP contribution in [0.4, 0.5) is 0 Å². The number of hydrazone groups is 1. The normalized spacial score (nSPS) is 12.2. The Bertz CT molecular complexity index is 883. The van der Waals surface area contributed by atoms with Crippen LogP contribution >= 0.6 is 0 Å². The summed E-state index contributed by atoms with van der Waals surface area (Å²) in [5.74, 6) is 1.02. The summed E-state index contributed by atoms with van der Waals surface area (Å²) < 4.78 is 35.3. The lowest BCUT2D eigenvalue weighted by atomic mass is 9.87. The first kappa shape index (κ1) is 19.8. The maximum atomic E-state index is 12.4. The van der Waals surface area contributed by atoms with Crippen molar-refractivity contribution >= 4 is 16.2 Å². The molecule has 0 aliphatic carbocycles. The van der Waals surface area contributed by atoms with Crippen LogP contribution in [0.3, 0.4) is 0 Å². The molecule has 0 fully saturated rings. The van der Waals surface area contributed by atoms with Gasteiger partial charge in [-0.25, -0.2) is 4.83 Å². The van der Waals surface area contributed by atoms with Gasteiger partial charge in [0.1, 0.15) is 0 Å². The standard InChI is InChI=1S/C19H24N2O4S/c1-19(2,3)15-9-11-16(12-10-15)26(22,23)21-20-13-14-7-6-8-17(24-4)18(14)25-5/h6-13,21H,1-5H3/b20-13-. The Morgan fingerprint density at radius 1 is 1.00 bits per heavy atom. The second kappa shape index (κ2) is 7.78. The molecule has 0 atom stereocenters. The number of hydrogen-bond donors (Lipinski definition) is 1. The Hall–Kier alpha value is -2.54. The molecule has 6 nitrogen and oxygen atoms in total. The molecule has 0 spiro atoms. The maximum absolute atomic E-state index is 12.4. The van der Waals surface area contributed by atoms with E-state index in [1.807, 2.05) is 12.1 Å². The summed E-state index contributed by atoms with van der Waals surface area (Å²) in [5.41, 5.74) is 1.61. The highest BCUT2D eigenvalue weighted by molar-refractivity contribution is 7.89. The van der Waals surface area contributed by atoms with E-state index in [1.54, 1.807) is 30.3 Å². The first-order valence-corrected chi connectivity index (χ1v) is 9.54. The van der Waals surface area contributed by atoms with Gasteiger partial charge in [0.25, 0.3) is 10.0 Å². The number of rotatable bonds is 6. The number of methoxy groups -OCH3 is 2. The number of hydrogen-bond acceptors (Lipinski definition) is 5. The van der Waals surface area contributed by atoms with Gasteiger partial charge >= 0.3 is 0 Å². The predicted molar refractivity (Wildman–Crippen MR) is 103 cm³/mol. The van der Waals surface area contributed by atoms with E-state index in [9.17, 15) is 8.42 Å². The van der Waals surface area contributed by atoms with Crippen molar-refractivity contribution < 1.29 is 17.9 Å². The van der Waals surface area contributed by atoms with Gasteiger partial charge in [0.05, 0.1) is 25.3 Å². The van der Waals surface area contributed by atoms with Crippen molar-refractivity contribution in [3.05, 3.63) is 53.6 Å². The minimum Gasteiger partial charge on any atom is -0.493 e. The fraction of sp³-hybridized carbons (Fsp3) is 0.316. The van der Waals surface area contributed by atoms with E-state index in [-0.39, 0.29) is 10.3 Å². The van der Waals surface area contributed by atoms with Gasteiger partial charge in [-0.2, -0.15) is 13.5 Å². The van der Waals surface area contributed by atoms with E-state index in [1.165, 1.54) is 20.4 Å². The van der Waals surface area contributed by atoms with E-state index in [2.05, 4.69) is 30.7 Å². The Labute approximate surface area is 154 Å². The molecule has 0 bridgehead atoms. The summed E-state index contributed by atoms with van der Waals surface area (Å²) in [6.45, 7) is 6.21. The molecule has 140 valence electrons. The molecule has 0 saturated heterocycles. The Morgan fingerprint density at radius 2 is 1.65 bits per heavy atom. The van der Waals surface area contributed by atoms with Gasteiger partial charge in [-0.15, -0.1) is 0 Å². The number of nitrogens with zero attached hydrogens (tertiary/aromatic N) is 1. The molecule has 1 N–H and O–H groups in total. The van der Waals surface area contributed by atoms with E-state index in [4.69, 9.17) is 9.47 Å². The lowest BCUT2D eigenvalue weighted by Gasteiger charge is -2.19. The van der Waals surface area contributed by atoms with Gasteiger partial charge in [0, 0.05) is 5.56 Å². The van der Waals surface area contributed by atoms with Crippen LogP contribution < -0.4 is 14.3 Å². The van der Waals surface area contributed by atoms with Crippen molar-refractivity contribution in [1.82, 2.24) is 4.83 Å². The summed E-state index contributed by atoms with van der Waals surface area (Å²) in [4.78, 5) is 2.37. The van der Waals surface area contributed by atoms with Crippen LogP contribution in [-0.4, -0.2) is 28.9 Å². The fourth-order valence-corrected chi connectivity index (χ4v) is 3.16. The number of sulfonamides is 1. The summed E-state index contributed by atoms with van der Waals surface area (Å²) in [6, 6.07) is 12.0. The van der Waals surface area contributed by atoms with Crippen LogP contribution in [0.25, 0.3) is 0 Å². The average Bonchev–Trinajstić information content (AvgIpc) is 2.60. The van der Waals surface area contributed by atoms with Gasteiger partial charge in [0.15, 0.2) is 11.5 Å². The van der Waals surface area contributed by atoms with Crippen LogP contribution in [0.5, 0.6) is 11.5 Å². The van der Waals surface area contributed by atoms with E-state index in [0.717, 1.165) is 5.56 Å². The van der Waals surface area contributed by atoms with Crippen molar-refractivity contribution in [2.24, 2.45) is 5.10 Å². The fourth-order valence-electron chi connectivity index (χ4n) is 2.37. The number of nitrogens with one attached hydrogen (secondary N) is 1. The topological polar surface area (TPSA) is 77.0 Å². The third-order valence-corrected chi connectivity index (χ3v) is 5.08. The van der Waals surface area contributed by atoms with Crippen molar-refractivity contribution in [3.63, 3.8) is 0 Å². The molecule has 7 heteroatoms. The van der Waals surface area contributed by atoms with E-state index >= 15 is 0 Å². The van der Waals surface area contributed by atoms with Gasteiger partial charge in [-0.05, 0) is 35.2 Å². The molecule has 0 unspecified atom stereocenters. The lowest BCUT2D eigenvalue weighted by molar-refractivity contribution is 0.354. The van der Waals surface area contributed by atoms with Gasteiger partial charge < -0.3 is 9.47 Å². The van der Waals surface area contributed by atoms with Crippen molar-refractivity contribution in [3.8, 4) is 11.5 Å². The third kappa shape index (κ3) is 4.54. The molecule has 2 aromatic rings. The Morgan fingerprint density at radius 3 is 2.19 bits per heavy atom. The van der Waals surface area contributed by atoms with Crippen LogP contribution in [0.2, 0.25) is 0 Å². The molecule has 2 rings (SSSR count). The van der Waals surface area contributed by atoms with Gasteiger partial charge in [-0.3, -0.25) is 0 Å². The zero-order valence-electron chi connectivity index (χ0n) is 15.6.